The van der Waals surface area contributed by atoms with Gasteiger partial charge >= 0.3 is 0 Å². The molecule has 0 radical (unpaired) electrons. The third kappa shape index (κ3) is 2.85. The largest absolute Gasteiger partial charge is 0.352 e. The van der Waals surface area contributed by atoms with Crippen LogP contribution in [0.1, 0.15) is 13.3 Å². The van der Waals surface area contributed by atoms with E-state index in [9.17, 15) is 0 Å². The van der Waals surface area contributed by atoms with Crippen LogP contribution in [-0.4, -0.2) is 42.6 Å². The van der Waals surface area contributed by atoms with Crippen LogP contribution >= 0.6 is 34.8 Å². The lowest BCUT2D eigenvalue weighted by Gasteiger charge is -2.40. The fourth-order valence-corrected chi connectivity index (χ4v) is 2.85. The summed E-state index contributed by atoms with van der Waals surface area (Å²) >= 11 is 18.1. The van der Waals surface area contributed by atoms with Gasteiger partial charge in [0.05, 0.1) is 10.0 Å². The summed E-state index contributed by atoms with van der Waals surface area (Å²) < 4.78 is 0. The molecular weight excluding hydrogens is 293 g/mol. The molecule has 1 aromatic heterocycles. The minimum absolute atomic E-state index is 0.308. The number of likely N-dealkylation sites (N-methyl/N-ethyl adjacent to an activating group) is 1. The molecule has 1 fully saturated rings. The minimum Gasteiger partial charge on any atom is -0.352 e. The highest BCUT2D eigenvalue weighted by Crippen LogP contribution is 2.32. The first-order valence-electron chi connectivity index (χ1n) is 5.99. The number of pyridine rings is 1. The Kier molecular flexibility index (Phi) is 4.59. The van der Waals surface area contributed by atoms with E-state index in [4.69, 9.17) is 34.8 Å². The van der Waals surface area contributed by atoms with Crippen molar-refractivity contribution < 1.29 is 0 Å². The Morgan fingerprint density at radius 3 is 2.67 bits per heavy atom. The van der Waals surface area contributed by atoms with Gasteiger partial charge in [0, 0.05) is 25.7 Å². The van der Waals surface area contributed by atoms with Crippen molar-refractivity contribution in [1.29, 1.82) is 0 Å². The van der Waals surface area contributed by atoms with Gasteiger partial charge in [-0.3, -0.25) is 4.90 Å². The van der Waals surface area contributed by atoms with Gasteiger partial charge in [-0.05, 0) is 19.5 Å². The molecule has 1 atom stereocenters. The van der Waals surface area contributed by atoms with Gasteiger partial charge in [-0.25, -0.2) is 4.98 Å². The monoisotopic (exact) mass is 307 g/mol. The summed E-state index contributed by atoms with van der Waals surface area (Å²) in [5.74, 6) is 0.734. The Bertz CT molecular complexity index is 439. The van der Waals surface area contributed by atoms with E-state index in [0.29, 0.717) is 21.2 Å². The lowest BCUT2D eigenvalue weighted by molar-refractivity contribution is 0.213. The summed E-state index contributed by atoms with van der Waals surface area (Å²) in [5, 5.41) is 1.26. The van der Waals surface area contributed by atoms with Gasteiger partial charge in [0.15, 0.2) is 0 Å². The maximum Gasteiger partial charge on any atom is 0.150 e. The number of piperazine rings is 1. The van der Waals surface area contributed by atoms with Crippen molar-refractivity contribution in [3.05, 3.63) is 21.3 Å². The van der Waals surface area contributed by atoms with E-state index < -0.39 is 0 Å². The molecule has 1 aliphatic rings. The highest BCUT2D eigenvalue weighted by atomic mass is 35.5. The van der Waals surface area contributed by atoms with Crippen molar-refractivity contribution in [2.24, 2.45) is 0 Å². The SMILES string of the molecule is CCC1CN(c2nc(Cl)c(Cl)cc2Cl)CCN1C. The Labute approximate surface area is 123 Å². The molecule has 1 saturated heterocycles. The molecule has 3 nitrogen and oxygen atoms in total. The minimum atomic E-state index is 0.308. The number of nitrogens with zero attached hydrogens (tertiary/aromatic N) is 3. The quantitative estimate of drug-likeness (QED) is 0.779. The lowest BCUT2D eigenvalue weighted by Crippen LogP contribution is -2.51. The van der Waals surface area contributed by atoms with Crippen molar-refractivity contribution in [2.75, 3.05) is 31.6 Å². The smallest absolute Gasteiger partial charge is 0.150 e. The zero-order chi connectivity index (χ0) is 13.3. The number of anilines is 1. The number of halogens is 3. The molecule has 0 spiro atoms. The van der Waals surface area contributed by atoms with E-state index in [2.05, 4.69) is 28.8 Å². The lowest BCUT2D eigenvalue weighted by atomic mass is 10.1. The fraction of sp³-hybridized carbons (Fsp3) is 0.583. The first-order chi connectivity index (χ1) is 8.52. The summed E-state index contributed by atoms with van der Waals surface area (Å²) in [6.07, 6.45) is 1.10. The molecule has 18 heavy (non-hydrogen) atoms. The van der Waals surface area contributed by atoms with Crippen LogP contribution in [0, 0.1) is 0 Å². The van der Waals surface area contributed by atoms with Gasteiger partial charge in [-0.15, -0.1) is 0 Å². The molecule has 2 rings (SSSR count). The number of hydrogen-bond donors (Lipinski definition) is 0. The standard InChI is InChI=1S/C12H16Cl3N3/c1-3-8-7-18(5-4-17(8)2)12-10(14)6-9(13)11(15)16-12/h6,8H,3-5,7H2,1-2H3. The van der Waals surface area contributed by atoms with Crippen LogP contribution in [0.4, 0.5) is 5.82 Å². The molecule has 0 aliphatic carbocycles. The molecule has 0 N–H and O–H groups in total. The maximum atomic E-state index is 6.20. The highest BCUT2D eigenvalue weighted by Gasteiger charge is 2.25. The van der Waals surface area contributed by atoms with Crippen LogP contribution in [0.2, 0.25) is 15.2 Å². The summed E-state index contributed by atoms with van der Waals surface area (Å²) in [4.78, 5) is 8.84. The number of hydrogen-bond acceptors (Lipinski definition) is 3. The van der Waals surface area contributed by atoms with Crippen LogP contribution in [0.5, 0.6) is 0 Å². The summed E-state index contributed by atoms with van der Waals surface area (Å²) in [7, 11) is 2.15. The molecule has 100 valence electrons. The first kappa shape index (κ1) is 14.2. The Hall–Kier alpha value is -0.220. The van der Waals surface area contributed by atoms with Gasteiger partial charge < -0.3 is 4.90 Å². The van der Waals surface area contributed by atoms with Crippen molar-refractivity contribution >= 4 is 40.6 Å². The molecule has 2 heterocycles. The van der Waals surface area contributed by atoms with Gasteiger partial charge in [-0.1, -0.05) is 41.7 Å². The van der Waals surface area contributed by atoms with Crippen LogP contribution in [0.25, 0.3) is 0 Å². The third-order valence-corrected chi connectivity index (χ3v) is 4.37. The molecule has 1 aliphatic heterocycles. The van der Waals surface area contributed by atoms with Crippen molar-refractivity contribution in [1.82, 2.24) is 9.88 Å². The predicted molar refractivity (Wildman–Crippen MR) is 78.2 cm³/mol. The second-order valence-corrected chi connectivity index (χ2v) is 5.73. The van der Waals surface area contributed by atoms with Gasteiger partial charge in [0.1, 0.15) is 11.0 Å². The summed E-state index contributed by atoms with van der Waals surface area (Å²) in [6, 6.07) is 2.18. The Morgan fingerprint density at radius 2 is 2.00 bits per heavy atom. The summed E-state index contributed by atoms with van der Waals surface area (Å²) in [5.41, 5.74) is 0. The van der Waals surface area contributed by atoms with E-state index in [-0.39, 0.29) is 0 Å². The Morgan fingerprint density at radius 1 is 1.28 bits per heavy atom. The first-order valence-corrected chi connectivity index (χ1v) is 7.13. The van der Waals surface area contributed by atoms with Gasteiger partial charge in [0.25, 0.3) is 0 Å². The third-order valence-electron chi connectivity index (χ3n) is 3.42. The topological polar surface area (TPSA) is 19.4 Å². The summed E-state index contributed by atoms with van der Waals surface area (Å²) in [6.45, 7) is 5.00. The van der Waals surface area contributed by atoms with Crippen molar-refractivity contribution in [3.63, 3.8) is 0 Å². The molecule has 6 heteroatoms. The Balaban J connectivity index is 2.24. The van der Waals surface area contributed by atoms with Gasteiger partial charge in [0.2, 0.25) is 0 Å². The second kappa shape index (κ2) is 5.83. The van der Waals surface area contributed by atoms with Crippen LogP contribution in [-0.2, 0) is 0 Å². The van der Waals surface area contributed by atoms with E-state index in [1.807, 2.05) is 0 Å². The molecule has 0 amide bonds. The van der Waals surface area contributed by atoms with E-state index in [0.717, 1.165) is 31.9 Å². The average Bonchev–Trinajstić information content (AvgIpc) is 2.35. The van der Waals surface area contributed by atoms with E-state index in [1.54, 1.807) is 6.07 Å². The van der Waals surface area contributed by atoms with Crippen molar-refractivity contribution in [3.8, 4) is 0 Å². The van der Waals surface area contributed by atoms with Crippen LogP contribution in [0.15, 0.2) is 6.07 Å². The molecule has 0 saturated carbocycles. The predicted octanol–water partition coefficient (Wildman–Crippen LogP) is 3.57. The van der Waals surface area contributed by atoms with E-state index >= 15 is 0 Å². The molecule has 0 aromatic carbocycles. The average molecular weight is 309 g/mol. The molecule has 1 unspecified atom stereocenters. The zero-order valence-electron chi connectivity index (χ0n) is 10.5. The van der Waals surface area contributed by atoms with Crippen molar-refractivity contribution in [2.45, 2.75) is 19.4 Å². The fourth-order valence-electron chi connectivity index (χ4n) is 2.24. The zero-order valence-corrected chi connectivity index (χ0v) is 12.7. The van der Waals surface area contributed by atoms with E-state index in [1.165, 1.54) is 0 Å². The van der Waals surface area contributed by atoms with Crippen LogP contribution in [0.3, 0.4) is 0 Å². The number of rotatable bonds is 2. The molecule has 1 aromatic rings. The normalized spacial score (nSPS) is 21.4. The second-order valence-electron chi connectivity index (χ2n) is 4.56. The maximum absolute atomic E-state index is 6.20. The highest BCUT2D eigenvalue weighted by molar-refractivity contribution is 6.42. The van der Waals surface area contributed by atoms with Crippen LogP contribution < -0.4 is 4.90 Å². The number of aromatic nitrogens is 1. The molecule has 0 bridgehead atoms. The molecular formula is C12H16Cl3N3. The van der Waals surface area contributed by atoms with Gasteiger partial charge in [-0.2, -0.15) is 0 Å².